The van der Waals surface area contributed by atoms with Crippen LogP contribution in [0.1, 0.15) is 5.56 Å². The zero-order valence-corrected chi connectivity index (χ0v) is 9.83. The first-order valence-corrected chi connectivity index (χ1v) is 5.90. The van der Waals surface area contributed by atoms with Gasteiger partial charge in [0.2, 0.25) is 0 Å². The zero-order chi connectivity index (χ0) is 11.5. The lowest BCUT2D eigenvalue weighted by Gasteiger charge is -2.00. The Labute approximate surface area is 97.0 Å². The summed E-state index contributed by atoms with van der Waals surface area (Å²) >= 11 is 1.45. The fraction of sp³-hybridized carbons (Fsp3) is 0.273. The molecule has 5 heteroatoms. The Bertz CT molecular complexity index is 582. The van der Waals surface area contributed by atoms with E-state index in [2.05, 4.69) is 4.98 Å². The van der Waals surface area contributed by atoms with Gasteiger partial charge in [-0.25, -0.2) is 4.98 Å². The van der Waals surface area contributed by atoms with Crippen LogP contribution in [0.5, 0.6) is 0 Å². The van der Waals surface area contributed by atoms with Crippen LogP contribution in [0.25, 0.3) is 10.2 Å². The lowest BCUT2D eigenvalue weighted by atomic mass is 10.3. The molecule has 0 radical (unpaired) electrons. The number of rotatable bonds is 3. The SMILES string of the molecule is Cc1csc2c(=O)n(C/C=C/CN)cnc12. The smallest absolute Gasteiger partial charge is 0.271 e. The van der Waals surface area contributed by atoms with Crippen molar-refractivity contribution in [2.75, 3.05) is 6.54 Å². The number of nitrogens with two attached hydrogens (primary N) is 1. The monoisotopic (exact) mass is 235 g/mol. The lowest BCUT2D eigenvalue weighted by molar-refractivity contribution is 0.766. The van der Waals surface area contributed by atoms with E-state index >= 15 is 0 Å². The van der Waals surface area contributed by atoms with Crippen molar-refractivity contribution in [2.45, 2.75) is 13.5 Å². The highest BCUT2D eigenvalue weighted by Crippen LogP contribution is 2.19. The second-order valence-electron chi connectivity index (χ2n) is 3.51. The van der Waals surface area contributed by atoms with Gasteiger partial charge in [-0.1, -0.05) is 12.2 Å². The summed E-state index contributed by atoms with van der Waals surface area (Å²) in [5.41, 5.74) is 7.23. The summed E-state index contributed by atoms with van der Waals surface area (Å²) in [4.78, 5) is 16.3. The molecule has 0 aliphatic heterocycles. The number of hydrogen-bond acceptors (Lipinski definition) is 4. The minimum atomic E-state index is 0.0183. The molecule has 84 valence electrons. The highest BCUT2D eigenvalue weighted by molar-refractivity contribution is 7.17. The molecule has 0 aromatic carbocycles. The standard InChI is InChI=1S/C11H13N3OS/c1-8-6-16-10-9(8)13-7-14(11(10)15)5-3-2-4-12/h2-3,6-7H,4-5,12H2,1H3/b3-2+. The summed E-state index contributed by atoms with van der Waals surface area (Å²) in [6, 6.07) is 0. The van der Waals surface area contributed by atoms with Crippen LogP contribution in [0.3, 0.4) is 0 Å². The summed E-state index contributed by atoms with van der Waals surface area (Å²) in [5, 5.41) is 1.96. The summed E-state index contributed by atoms with van der Waals surface area (Å²) < 4.78 is 2.31. The zero-order valence-electron chi connectivity index (χ0n) is 9.01. The van der Waals surface area contributed by atoms with Crippen molar-refractivity contribution >= 4 is 21.6 Å². The lowest BCUT2D eigenvalue weighted by Crippen LogP contribution is -2.19. The van der Waals surface area contributed by atoms with Crippen molar-refractivity contribution in [1.29, 1.82) is 0 Å². The van der Waals surface area contributed by atoms with E-state index in [-0.39, 0.29) is 5.56 Å². The van der Waals surface area contributed by atoms with Crippen molar-refractivity contribution < 1.29 is 0 Å². The molecule has 0 fully saturated rings. The van der Waals surface area contributed by atoms with Crippen LogP contribution in [0.2, 0.25) is 0 Å². The number of allylic oxidation sites excluding steroid dienone is 1. The maximum atomic E-state index is 12.0. The van der Waals surface area contributed by atoms with E-state index in [1.54, 1.807) is 10.9 Å². The van der Waals surface area contributed by atoms with E-state index in [0.29, 0.717) is 13.1 Å². The number of hydrogen-bond donors (Lipinski definition) is 1. The van der Waals surface area contributed by atoms with Crippen LogP contribution in [0.4, 0.5) is 0 Å². The quantitative estimate of drug-likeness (QED) is 0.815. The summed E-state index contributed by atoms with van der Waals surface area (Å²) in [5.74, 6) is 0. The molecular formula is C11H13N3OS. The van der Waals surface area contributed by atoms with Crippen molar-refractivity contribution in [2.24, 2.45) is 5.73 Å². The molecule has 0 bridgehead atoms. The molecule has 2 heterocycles. The summed E-state index contributed by atoms with van der Waals surface area (Å²) in [6.45, 7) is 2.97. The van der Waals surface area contributed by atoms with Gasteiger partial charge in [0.1, 0.15) is 4.70 Å². The van der Waals surface area contributed by atoms with Crippen LogP contribution in [0, 0.1) is 6.92 Å². The maximum Gasteiger partial charge on any atom is 0.271 e. The number of nitrogens with zero attached hydrogens (tertiary/aromatic N) is 2. The van der Waals surface area contributed by atoms with Gasteiger partial charge in [-0.05, 0) is 17.9 Å². The molecule has 2 aromatic heterocycles. The first-order chi connectivity index (χ1) is 7.74. The minimum absolute atomic E-state index is 0.0183. The molecular weight excluding hydrogens is 222 g/mol. The average molecular weight is 235 g/mol. The third-order valence-corrected chi connectivity index (χ3v) is 3.40. The number of aryl methyl sites for hydroxylation is 1. The molecule has 2 rings (SSSR count). The molecule has 0 spiro atoms. The molecule has 16 heavy (non-hydrogen) atoms. The maximum absolute atomic E-state index is 12.0. The van der Waals surface area contributed by atoms with E-state index in [4.69, 9.17) is 5.73 Å². The fourth-order valence-corrected chi connectivity index (χ4v) is 2.42. The molecule has 0 saturated carbocycles. The van der Waals surface area contributed by atoms with Gasteiger partial charge in [-0.2, -0.15) is 0 Å². The van der Waals surface area contributed by atoms with Crippen LogP contribution in [0.15, 0.2) is 28.7 Å². The number of fused-ring (bicyclic) bond motifs is 1. The minimum Gasteiger partial charge on any atom is -0.327 e. The number of thiophene rings is 1. The largest absolute Gasteiger partial charge is 0.327 e. The van der Waals surface area contributed by atoms with Gasteiger partial charge in [-0.3, -0.25) is 9.36 Å². The molecule has 0 aliphatic carbocycles. The summed E-state index contributed by atoms with van der Waals surface area (Å²) in [7, 11) is 0. The van der Waals surface area contributed by atoms with E-state index in [0.717, 1.165) is 15.8 Å². The topological polar surface area (TPSA) is 60.9 Å². The van der Waals surface area contributed by atoms with E-state index < -0.39 is 0 Å². The van der Waals surface area contributed by atoms with Gasteiger partial charge in [0.25, 0.3) is 5.56 Å². The molecule has 0 saturated heterocycles. The Hall–Kier alpha value is -1.46. The Morgan fingerprint density at radius 3 is 3.12 bits per heavy atom. The molecule has 4 nitrogen and oxygen atoms in total. The predicted octanol–water partition coefficient (Wildman–Crippen LogP) is 1.28. The van der Waals surface area contributed by atoms with Gasteiger partial charge in [0, 0.05) is 13.1 Å². The van der Waals surface area contributed by atoms with Crippen molar-refractivity contribution in [3.05, 3.63) is 39.8 Å². The van der Waals surface area contributed by atoms with Crippen molar-refractivity contribution in [3.8, 4) is 0 Å². The first-order valence-electron chi connectivity index (χ1n) is 5.02. The highest BCUT2D eigenvalue weighted by Gasteiger charge is 2.06. The van der Waals surface area contributed by atoms with Gasteiger partial charge >= 0.3 is 0 Å². The van der Waals surface area contributed by atoms with Gasteiger partial charge in [0.15, 0.2) is 0 Å². The Balaban J connectivity index is 2.45. The second-order valence-corrected chi connectivity index (χ2v) is 4.39. The van der Waals surface area contributed by atoms with Crippen LogP contribution >= 0.6 is 11.3 Å². The van der Waals surface area contributed by atoms with E-state index in [1.807, 2.05) is 24.5 Å². The summed E-state index contributed by atoms with van der Waals surface area (Å²) in [6.07, 6.45) is 5.29. The Morgan fingerprint density at radius 1 is 1.56 bits per heavy atom. The van der Waals surface area contributed by atoms with Crippen molar-refractivity contribution in [1.82, 2.24) is 9.55 Å². The highest BCUT2D eigenvalue weighted by atomic mass is 32.1. The van der Waals surface area contributed by atoms with Gasteiger partial charge in [0.05, 0.1) is 11.8 Å². The predicted molar refractivity (Wildman–Crippen MR) is 66.8 cm³/mol. The molecule has 0 aliphatic rings. The molecule has 0 unspecified atom stereocenters. The fourth-order valence-electron chi connectivity index (χ4n) is 1.47. The Morgan fingerprint density at radius 2 is 2.38 bits per heavy atom. The number of aromatic nitrogens is 2. The molecule has 0 amide bonds. The van der Waals surface area contributed by atoms with Gasteiger partial charge < -0.3 is 5.73 Å². The third kappa shape index (κ3) is 1.91. The third-order valence-electron chi connectivity index (χ3n) is 2.33. The van der Waals surface area contributed by atoms with E-state index in [9.17, 15) is 4.79 Å². The Kier molecular flexibility index (Phi) is 3.17. The molecule has 0 atom stereocenters. The van der Waals surface area contributed by atoms with Crippen LogP contribution < -0.4 is 11.3 Å². The normalized spacial score (nSPS) is 11.6. The van der Waals surface area contributed by atoms with E-state index in [1.165, 1.54) is 11.3 Å². The molecule has 2 aromatic rings. The van der Waals surface area contributed by atoms with Crippen LogP contribution in [-0.2, 0) is 6.54 Å². The first kappa shape index (κ1) is 11.0. The second kappa shape index (κ2) is 4.59. The van der Waals surface area contributed by atoms with Crippen LogP contribution in [-0.4, -0.2) is 16.1 Å². The van der Waals surface area contributed by atoms with Crippen molar-refractivity contribution in [3.63, 3.8) is 0 Å². The van der Waals surface area contributed by atoms with Gasteiger partial charge in [-0.15, -0.1) is 11.3 Å². The molecule has 2 N–H and O–H groups in total. The average Bonchev–Trinajstić information content (AvgIpc) is 2.65.